The smallest absolute Gasteiger partial charge is 0.131 e. The van der Waals surface area contributed by atoms with Gasteiger partial charge >= 0.3 is 0 Å². The van der Waals surface area contributed by atoms with E-state index in [9.17, 15) is 0 Å². The highest BCUT2D eigenvalue weighted by molar-refractivity contribution is 6.30. The molecule has 1 N–H and O–H groups in total. The minimum absolute atomic E-state index is 0.560. The van der Waals surface area contributed by atoms with Gasteiger partial charge in [-0.3, -0.25) is 9.58 Å². The fourth-order valence-corrected chi connectivity index (χ4v) is 2.41. The summed E-state index contributed by atoms with van der Waals surface area (Å²) in [5.74, 6) is 0. The van der Waals surface area contributed by atoms with E-state index in [4.69, 9.17) is 11.6 Å². The number of aryl methyl sites for hydroxylation is 2. The summed E-state index contributed by atoms with van der Waals surface area (Å²) in [6.07, 6.45) is 0. The van der Waals surface area contributed by atoms with Crippen molar-refractivity contribution in [3.8, 4) is 0 Å². The predicted octanol–water partition coefficient (Wildman–Crippen LogP) is 1.18. The van der Waals surface area contributed by atoms with Gasteiger partial charge < -0.3 is 5.32 Å². The van der Waals surface area contributed by atoms with Gasteiger partial charge in [0.15, 0.2) is 0 Å². The number of hydrogen-bond acceptors (Lipinski definition) is 3. The fourth-order valence-electron chi connectivity index (χ4n) is 2.17. The minimum Gasteiger partial charge on any atom is -0.314 e. The van der Waals surface area contributed by atoms with Gasteiger partial charge in [-0.1, -0.05) is 11.6 Å². The molecule has 0 aromatic carbocycles. The zero-order valence-corrected chi connectivity index (χ0v) is 10.9. The molecule has 1 aromatic rings. The second-order valence-electron chi connectivity index (χ2n) is 4.50. The molecule has 0 radical (unpaired) electrons. The molecule has 16 heavy (non-hydrogen) atoms. The molecule has 0 spiro atoms. The van der Waals surface area contributed by atoms with Crippen LogP contribution >= 0.6 is 11.6 Å². The SMILES string of the molecule is Cc1nn(C)c(Cl)c1CN1CCNC[C@@H]1C. The van der Waals surface area contributed by atoms with E-state index in [-0.39, 0.29) is 0 Å². The van der Waals surface area contributed by atoms with Crippen LogP contribution in [0.2, 0.25) is 5.15 Å². The molecule has 0 aliphatic carbocycles. The molecule has 0 unspecified atom stereocenters. The van der Waals surface area contributed by atoms with Gasteiger partial charge in [0.2, 0.25) is 0 Å². The molecular formula is C11H19ClN4. The summed E-state index contributed by atoms with van der Waals surface area (Å²) in [7, 11) is 1.89. The summed E-state index contributed by atoms with van der Waals surface area (Å²) >= 11 is 6.24. The van der Waals surface area contributed by atoms with E-state index < -0.39 is 0 Å². The molecule has 1 aromatic heterocycles. The van der Waals surface area contributed by atoms with Crippen LogP contribution in [-0.4, -0.2) is 40.4 Å². The molecule has 1 aliphatic rings. The van der Waals surface area contributed by atoms with Gasteiger partial charge in [0, 0.05) is 44.8 Å². The van der Waals surface area contributed by atoms with Crippen molar-refractivity contribution in [3.05, 3.63) is 16.4 Å². The molecule has 0 amide bonds. The second-order valence-corrected chi connectivity index (χ2v) is 4.86. The highest BCUT2D eigenvalue weighted by atomic mass is 35.5. The maximum absolute atomic E-state index is 6.24. The average molecular weight is 243 g/mol. The largest absolute Gasteiger partial charge is 0.314 e. The van der Waals surface area contributed by atoms with Crippen molar-refractivity contribution in [2.24, 2.45) is 7.05 Å². The van der Waals surface area contributed by atoms with E-state index in [0.717, 1.165) is 42.6 Å². The molecule has 1 fully saturated rings. The third-order valence-corrected chi connectivity index (χ3v) is 3.74. The molecule has 4 nitrogen and oxygen atoms in total. The van der Waals surface area contributed by atoms with Crippen molar-refractivity contribution in [2.45, 2.75) is 26.4 Å². The lowest BCUT2D eigenvalue weighted by Gasteiger charge is -2.33. The number of piperazine rings is 1. The molecule has 2 rings (SSSR count). The Morgan fingerprint density at radius 1 is 1.56 bits per heavy atom. The summed E-state index contributed by atoms with van der Waals surface area (Å²) < 4.78 is 1.75. The van der Waals surface area contributed by atoms with Crippen LogP contribution in [-0.2, 0) is 13.6 Å². The van der Waals surface area contributed by atoms with Gasteiger partial charge in [0.05, 0.1) is 5.69 Å². The monoisotopic (exact) mass is 242 g/mol. The van der Waals surface area contributed by atoms with E-state index >= 15 is 0 Å². The third kappa shape index (κ3) is 2.24. The van der Waals surface area contributed by atoms with Gasteiger partial charge in [-0.15, -0.1) is 0 Å². The molecular weight excluding hydrogens is 224 g/mol. The lowest BCUT2D eigenvalue weighted by atomic mass is 10.1. The van der Waals surface area contributed by atoms with Gasteiger partial charge in [-0.25, -0.2) is 0 Å². The Labute approximate surface area is 102 Å². The number of nitrogens with zero attached hydrogens (tertiary/aromatic N) is 3. The van der Waals surface area contributed by atoms with Crippen LogP contribution < -0.4 is 5.32 Å². The highest BCUT2D eigenvalue weighted by Gasteiger charge is 2.21. The van der Waals surface area contributed by atoms with Gasteiger partial charge in [0.25, 0.3) is 0 Å². The van der Waals surface area contributed by atoms with Gasteiger partial charge in [-0.05, 0) is 13.8 Å². The van der Waals surface area contributed by atoms with Gasteiger partial charge in [-0.2, -0.15) is 5.10 Å². The van der Waals surface area contributed by atoms with Crippen LogP contribution in [0.15, 0.2) is 0 Å². The van der Waals surface area contributed by atoms with E-state index in [2.05, 4.69) is 22.2 Å². The molecule has 90 valence electrons. The fraction of sp³-hybridized carbons (Fsp3) is 0.727. The van der Waals surface area contributed by atoms with Crippen molar-refractivity contribution in [1.29, 1.82) is 0 Å². The number of halogens is 1. The summed E-state index contributed by atoms with van der Waals surface area (Å²) in [5.41, 5.74) is 2.20. The van der Waals surface area contributed by atoms with Crippen molar-refractivity contribution in [1.82, 2.24) is 20.0 Å². The molecule has 2 heterocycles. The average Bonchev–Trinajstić information content (AvgIpc) is 2.48. The van der Waals surface area contributed by atoms with Crippen molar-refractivity contribution >= 4 is 11.6 Å². The van der Waals surface area contributed by atoms with Gasteiger partial charge in [0.1, 0.15) is 5.15 Å². The van der Waals surface area contributed by atoms with E-state index in [1.54, 1.807) is 4.68 Å². The van der Waals surface area contributed by atoms with Crippen LogP contribution in [0.4, 0.5) is 0 Å². The summed E-state index contributed by atoms with van der Waals surface area (Å²) in [6, 6.07) is 0.560. The minimum atomic E-state index is 0.560. The Morgan fingerprint density at radius 2 is 2.31 bits per heavy atom. The molecule has 0 saturated carbocycles. The predicted molar refractivity (Wildman–Crippen MR) is 65.7 cm³/mol. The van der Waals surface area contributed by atoms with E-state index in [1.807, 2.05) is 14.0 Å². The highest BCUT2D eigenvalue weighted by Crippen LogP contribution is 2.21. The summed E-state index contributed by atoms with van der Waals surface area (Å²) in [6.45, 7) is 8.35. The zero-order chi connectivity index (χ0) is 11.7. The maximum Gasteiger partial charge on any atom is 0.131 e. The van der Waals surface area contributed by atoms with Crippen LogP contribution in [0.25, 0.3) is 0 Å². The molecule has 1 saturated heterocycles. The standard InChI is InChI=1S/C11H19ClN4/c1-8-6-13-4-5-16(8)7-10-9(2)14-15(3)11(10)12/h8,13H,4-7H2,1-3H3/t8-/m0/s1. The van der Waals surface area contributed by atoms with E-state index in [1.165, 1.54) is 0 Å². The Kier molecular flexibility index (Phi) is 3.52. The van der Waals surface area contributed by atoms with Crippen LogP contribution in [0.3, 0.4) is 0 Å². The Morgan fingerprint density at radius 3 is 2.88 bits per heavy atom. The normalized spacial score (nSPS) is 22.6. The molecule has 0 bridgehead atoms. The first-order valence-corrected chi connectivity index (χ1v) is 6.10. The third-order valence-electron chi connectivity index (χ3n) is 3.27. The molecule has 5 heteroatoms. The maximum atomic E-state index is 6.24. The van der Waals surface area contributed by atoms with Crippen LogP contribution in [0.5, 0.6) is 0 Å². The first kappa shape index (κ1) is 11.9. The molecule has 1 aliphatic heterocycles. The first-order chi connectivity index (χ1) is 7.59. The number of hydrogen-bond donors (Lipinski definition) is 1. The number of rotatable bonds is 2. The summed E-state index contributed by atoms with van der Waals surface area (Å²) in [4.78, 5) is 2.45. The molecule has 1 atom stereocenters. The Bertz CT molecular complexity index is 374. The van der Waals surface area contributed by atoms with E-state index in [0.29, 0.717) is 6.04 Å². The van der Waals surface area contributed by atoms with Crippen LogP contribution in [0, 0.1) is 6.92 Å². The van der Waals surface area contributed by atoms with Crippen molar-refractivity contribution < 1.29 is 0 Å². The number of aromatic nitrogens is 2. The Balaban J connectivity index is 2.13. The first-order valence-electron chi connectivity index (χ1n) is 5.72. The lowest BCUT2D eigenvalue weighted by Crippen LogP contribution is -2.49. The lowest BCUT2D eigenvalue weighted by molar-refractivity contribution is 0.165. The quantitative estimate of drug-likeness (QED) is 0.846. The van der Waals surface area contributed by atoms with Crippen LogP contribution in [0.1, 0.15) is 18.2 Å². The second kappa shape index (κ2) is 4.73. The van der Waals surface area contributed by atoms with Crippen molar-refractivity contribution in [3.63, 3.8) is 0 Å². The van der Waals surface area contributed by atoms with Crippen molar-refractivity contribution in [2.75, 3.05) is 19.6 Å². The zero-order valence-electron chi connectivity index (χ0n) is 10.1. The Hall–Kier alpha value is -0.580. The number of nitrogens with one attached hydrogen (secondary N) is 1. The summed E-state index contributed by atoms with van der Waals surface area (Å²) in [5, 5.41) is 8.50. The topological polar surface area (TPSA) is 33.1 Å².